The molecule has 2 aliphatic rings. The van der Waals surface area contributed by atoms with Crippen molar-refractivity contribution in [3.05, 3.63) is 29.3 Å². The zero-order valence-corrected chi connectivity index (χ0v) is 18.7. The largest absolute Gasteiger partial charge is 0.491 e. The number of carbonyl (C=O) groups excluding carboxylic acids is 2. The molecule has 0 unspecified atom stereocenters. The Morgan fingerprint density at radius 2 is 1.90 bits per heavy atom. The molecule has 2 heterocycles. The summed E-state index contributed by atoms with van der Waals surface area (Å²) in [6, 6.07) is 7.07. The van der Waals surface area contributed by atoms with Crippen molar-refractivity contribution in [1.29, 1.82) is 5.26 Å². The summed E-state index contributed by atoms with van der Waals surface area (Å²) in [5.41, 5.74) is 0.639. The van der Waals surface area contributed by atoms with E-state index in [0.29, 0.717) is 30.7 Å². The van der Waals surface area contributed by atoms with E-state index in [9.17, 15) is 14.9 Å². The van der Waals surface area contributed by atoms with Crippen molar-refractivity contribution in [2.45, 2.75) is 44.5 Å². The van der Waals surface area contributed by atoms with Gasteiger partial charge in [-0.05, 0) is 25.0 Å². The number of hydrogen-bond acceptors (Lipinski definition) is 6. The molecule has 0 radical (unpaired) electrons. The Hall–Kier alpha value is -2.63. The van der Waals surface area contributed by atoms with Gasteiger partial charge in [-0.2, -0.15) is 5.26 Å². The highest BCUT2D eigenvalue weighted by Gasteiger charge is 2.34. The van der Waals surface area contributed by atoms with Crippen LogP contribution in [0.3, 0.4) is 0 Å². The molecule has 0 spiro atoms. The number of para-hydroxylation sites is 1. The van der Waals surface area contributed by atoms with E-state index in [1.54, 1.807) is 44.3 Å². The van der Waals surface area contributed by atoms with Crippen molar-refractivity contribution >= 4 is 11.8 Å². The zero-order valence-electron chi connectivity index (χ0n) is 18.7. The quantitative estimate of drug-likeness (QED) is 0.679. The molecule has 1 aromatic carbocycles. The molecule has 1 fully saturated rings. The minimum atomic E-state index is -0.395. The first-order chi connectivity index (χ1) is 14.8. The lowest BCUT2D eigenvalue weighted by atomic mass is 9.98. The van der Waals surface area contributed by atoms with Crippen LogP contribution in [0.2, 0.25) is 0 Å². The fourth-order valence-corrected chi connectivity index (χ4v) is 4.34. The number of nitriles is 1. The first-order valence-corrected chi connectivity index (χ1v) is 10.7. The van der Waals surface area contributed by atoms with E-state index in [4.69, 9.17) is 14.2 Å². The Morgan fingerprint density at radius 3 is 2.61 bits per heavy atom. The van der Waals surface area contributed by atoms with Crippen LogP contribution in [0.25, 0.3) is 0 Å². The Kier molecular flexibility index (Phi) is 7.52. The summed E-state index contributed by atoms with van der Waals surface area (Å²) in [5.74, 6) is -0.445. The molecule has 8 nitrogen and oxygen atoms in total. The number of rotatable bonds is 1. The van der Waals surface area contributed by atoms with Crippen molar-refractivity contribution in [3.63, 3.8) is 0 Å². The zero-order chi connectivity index (χ0) is 22.5. The molecule has 2 bridgehead atoms. The van der Waals surface area contributed by atoms with Gasteiger partial charge < -0.3 is 24.0 Å². The highest BCUT2D eigenvalue weighted by Crippen LogP contribution is 2.28. The van der Waals surface area contributed by atoms with E-state index in [2.05, 4.69) is 6.07 Å². The first-order valence-electron chi connectivity index (χ1n) is 10.7. The smallest absolute Gasteiger partial charge is 0.257 e. The summed E-state index contributed by atoms with van der Waals surface area (Å²) in [7, 11) is 5.08. The Bertz CT molecular complexity index is 852. The molecule has 1 saturated heterocycles. The predicted molar refractivity (Wildman–Crippen MR) is 114 cm³/mol. The second-order valence-corrected chi connectivity index (χ2v) is 8.38. The summed E-state index contributed by atoms with van der Waals surface area (Å²) >= 11 is 0. The molecule has 1 aromatic rings. The molecule has 168 valence electrons. The lowest BCUT2D eigenvalue weighted by Gasteiger charge is -2.38. The van der Waals surface area contributed by atoms with Gasteiger partial charge in [0.1, 0.15) is 17.9 Å². The Morgan fingerprint density at radius 1 is 1.13 bits per heavy atom. The third kappa shape index (κ3) is 5.17. The van der Waals surface area contributed by atoms with Gasteiger partial charge in [0.25, 0.3) is 5.91 Å². The number of fused-ring (bicyclic) bond motifs is 3. The normalized spacial score (nSPS) is 28.1. The fourth-order valence-electron chi connectivity index (χ4n) is 4.34. The SMILES string of the molecule is CO[C@H]1CC[C@H]2CCOc3c(C#N)cccc3C(=O)N(C)C[C@H](C)C(=O)N(C)C[C@@H]1O2. The molecule has 0 aromatic heterocycles. The van der Waals surface area contributed by atoms with E-state index >= 15 is 0 Å². The van der Waals surface area contributed by atoms with Gasteiger partial charge >= 0.3 is 0 Å². The van der Waals surface area contributed by atoms with Gasteiger partial charge in [0.05, 0.1) is 35.9 Å². The predicted octanol–water partition coefficient (Wildman–Crippen LogP) is 2.07. The molecule has 0 saturated carbocycles. The van der Waals surface area contributed by atoms with Gasteiger partial charge in [0.2, 0.25) is 5.91 Å². The molecule has 0 aliphatic carbocycles. The maximum Gasteiger partial charge on any atom is 0.257 e. The summed E-state index contributed by atoms with van der Waals surface area (Å²) in [5, 5.41) is 9.51. The van der Waals surface area contributed by atoms with Crippen LogP contribution in [0.5, 0.6) is 5.75 Å². The van der Waals surface area contributed by atoms with Crippen LogP contribution in [-0.4, -0.2) is 80.8 Å². The second-order valence-electron chi connectivity index (χ2n) is 8.38. The lowest BCUT2D eigenvalue weighted by Crippen LogP contribution is -2.49. The number of amides is 2. The van der Waals surface area contributed by atoms with Crippen LogP contribution in [-0.2, 0) is 14.3 Å². The van der Waals surface area contributed by atoms with Gasteiger partial charge in [-0.25, -0.2) is 0 Å². The minimum Gasteiger partial charge on any atom is -0.491 e. The van der Waals surface area contributed by atoms with Crippen LogP contribution >= 0.6 is 0 Å². The van der Waals surface area contributed by atoms with E-state index in [0.717, 1.165) is 12.8 Å². The Balaban J connectivity index is 1.92. The highest BCUT2D eigenvalue weighted by molar-refractivity contribution is 5.97. The number of methoxy groups -OCH3 is 1. The van der Waals surface area contributed by atoms with Crippen molar-refractivity contribution in [1.82, 2.24) is 9.80 Å². The molecule has 2 amide bonds. The van der Waals surface area contributed by atoms with E-state index in [1.165, 1.54) is 4.90 Å². The maximum absolute atomic E-state index is 13.1. The van der Waals surface area contributed by atoms with Crippen LogP contribution in [0.15, 0.2) is 18.2 Å². The summed E-state index contributed by atoms with van der Waals surface area (Å²) in [6.07, 6.45) is 1.93. The van der Waals surface area contributed by atoms with Crippen molar-refractivity contribution in [2.24, 2.45) is 5.92 Å². The topological polar surface area (TPSA) is 92.1 Å². The number of ether oxygens (including phenoxy) is 3. The molecule has 0 N–H and O–H groups in total. The molecule has 3 rings (SSSR count). The van der Waals surface area contributed by atoms with Crippen LogP contribution in [0, 0.1) is 17.2 Å². The van der Waals surface area contributed by atoms with Crippen molar-refractivity contribution < 1.29 is 23.8 Å². The highest BCUT2D eigenvalue weighted by atomic mass is 16.5. The van der Waals surface area contributed by atoms with Crippen LogP contribution < -0.4 is 4.74 Å². The minimum absolute atomic E-state index is 0.0430. The Labute approximate surface area is 183 Å². The number of nitrogens with zero attached hydrogens (tertiary/aromatic N) is 3. The molecule has 31 heavy (non-hydrogen) atoms. The van der Waals surface area contributed by atoms with Gasteiger partial charge in [-0.15, -0.1) is 0 Å². The van der Waals surface area contributed by atoms with Crippen LogP contribution in [0.4, 0.5) is 0 Å². The molecule has 4 atom stereocenters. The van der Waals surface area contributed by atoms with Gasteiger partial charge in [0, 0.05) is 40.7 Å². The third-order valence-corrected chi connectivity index (χ3v) is 6.06. The summed E-state index contributed by atoms with van der Waals surface area (Å²) < 4.78 is 17.8. The molecule has 8 heteroatoms. The second kappa shape index (κ2) is 10.1. The average Bonchev–Trinajstić information content (AvgIpc) is 2.77. The van der Waals surface area contributed by atoms with E-state index in [1.807, 2.05) is 6.92 Å². The maximum atomic E-state index is 13.1. The number of carbonyl (C=O) groups is 2. The van der Waals surface area contributed by atoms with Crippen molar-refractivity contribution in [3.8, 4) is 11.8 Å². The molecular weight excluding hydrogens is 398 g/mol. The number of hydrogen-bond donors (Lipinski definition) is 0. The molecular formula is C23H31N3O5. The summed E-state index contributed by atoms with van der Waals surface area (Å²) in [4.78, 5) is 29.2. The fraction of sp³-hybridized carbons (Fsp3) is 0.609. The van der Waals surface area contributed by atoms with Gasteiger partial charge in [-0.1, -0.05) is 13.0 Å². The van der Waals surface area contributed by atoms with Crippen LogP contribution in [0.1, 0.15) is 42.1 Å². The monoisotopic (exact) mass is 429 g/mol. The number of benzene rings is 1. The first kappa shape index (κ1) is 23.0. The van der Waals surface area contributed by atoms with Gasteiger partial charge in [-0.3, -0.25) is 9.59 Å². The third-order valence-electron chi connectivity index (χ3n) is 6.06. The molecule has 2 aliphatic heterocycles. The number of likely N-dealkylation sites (N-methyl/N-ethyl adjacent to an activating group) is 1. The van der Waals surface area contributed by atoms with E-state index < -0.39 is 5.92 Å². The van der Waals surface area contributed by atoms with E-state index in [-0.39, 0.29) is 42.4 Å². The van der Waals surface area contributed by atoms with Gasteiger partial charge in [0.15, 0.2) is 0 Å². The average molecular weight is 430 g/mol. The van der Waals surface area contributed by atoms with Crippen molar-refractivity contribution in [2.75, 3.05) is 40.9 Å². The lowest BCUT2D eigenvalue weighted by molar-refractivity contribution is -0.152. The standard InChI is InChI=1S/C23H31N3O5/c1-15-13-25(2)23(28)18-7-5-6-16(12-24)21(18)30-11-10-17-8-9-19(29-4)20(31-17)14-26(3)22(15)27/h5-7,15,17,19-20H,8-11,13-14H2,1-4H3/t15-,17-,19-,20-/m0/s1. The summed E-state index contributed by atoms with van der Waals surface area (Å²) in [6.45, 7) is 2.81.